The average Bonchev–Trinajstić information content (AvgIpc) is 2.05. The number of hydrogen-bond acceptors (Lipinski definition) is 4. The average molecular weight is 182 g/mol. The van der Waals surface area contributed by atoms with E-state index in [0.717, 1.165) is 5.82 Å². The Balaban J connectivity index is 2.29. The molecule has 0 aromatic carbocycles. The van der Waals surface area contributed by atoms with Crippen molar-refractivity contribution >= 4 is 17.5 Å². The molecule has 0 aliphatic rings. The van der Waals surface area contributed by atoms with E-state index in [1.165, 1.54) is 11.8 Å². The molecule has 3 nitrogen and oxygen atoms in total. The Morgan fingerprint density at radius 2 is 2.17 bits per heavy atom. The molecule has 0 atom stereocenters. The lowest BCUT2D eigenvalue weighted by Gasteiger charge is -1.96. The quantitative estimate of drug-likeness (QED) is 0.704. The molecule has 12 heavy (non-hydrogen) atoms. The molecule has 0 aliphatic heterocycles. The molecule has 0 bridgehead atoms. The molecular weight excluding hydrogens is 172 g/mol. The summed E-state index contributed by atoms with van der Waals surface area (Å²) in [5, 5.41) is 0. The van der Waals surface area contributed by atoms with E-state index in [4.69, 9.17) is 0 Å². The van der Waals surface area contributed by atoms with Crippen LogP contribution in [0.1, 0.15) is 12.7 Å². The van der Waals surface area contributed by atoms with E-state index < -0.39 is 0 Å². The van der Waals surface area contributed by atoms with Crippen molar-refractivity contribution in [2.24, 2.45) is 0 Å². The van der Waals surface area contributed by atoms with Crippen LogP contribution in [0.2, 0.25) is 0 Å². The minimum atomic E-state index is 0.191. The van der Waals surface area contributed by atoms with Crippen molar-refractivity contribution in [3.63, 3.8) is 0 Å². The van der Waals surface area contributed by atoms with Crippen molar-refractivity contribution in [2.45, 2.75) is 12.7 Å². The molecule has 1 heterocycles. The van der Waals surface area contributed by atoms with Crippen LogP contribution in [0.25, 0.3) is 0 Å². The highest BCUT2D eigenvalue weighted by molar-refractivity contribution is 7.99. The van der Waals surface area contributed by atoms with Gasteiger partial charge in [-0.1, -0.05) is 0 Å². The van der Waals surface area contributed by atoms with E-state index in [-0.39, 0.29) is 5.78 Å². The Labute approximate surface area is 75.6 Å². The van der Waals surface area contributed by atoms with Gasteiger partial charge in [0.25, 0.3) is 0 Å². The maximum Gasteiger partial charge on any atom is 0.139 e. The number of carbonyl (C=O) groups excluding carboxylic acids is 1. The summed E-state index contributed by atoms with van der Waals surface area (Å²) >= 11 is 1.54. The molecule has 0 radical (unpaired) electrons. The maximum atomic E-state index is 10.6. The molecule has 0 aliphatic carbocycles. The molecule has 4 heteroatoms. The first-order chi connectivity index (χ1) is 5.79. The van der Waals surface area contributed by atoms with Crippen molar-refractivity contribution in [3.05, 3.63) is 24.3 Å². The summed E-state index contributed by atoms with van der Waals surface area (Å²) in [7, 11) is 0. The Morgan fingerprint density at radius 1 is 1.50 bits per heavy atom. The van der Waals surface area contributed by atoms with Crippen molar-refractivity contribution < 1.29 is 4.79 Å². The number of ketones is 1. The van der Waals surface area contributed by atoms with Gasteiger partial charge in [0.05, 0.1) is 11.5 Å². The fourth-order valence-electron chi connectivity index (χ4n) is 0.691. The third-order valence-electron chi connectivity index (χ3n) is 1.16. The smallest absolute Gasteiger partial charge is 0.139 e. The first-order valence-electron chi connectivity index (χ1n) is 3.62. The van der Waals surface area contributed by atoms with Crippen LogP contribution in [0.15, 0.2) is 18.5 Å². The predicted octanol–water partition coefficient (Wildman–Crippen LogP) is 1.30. The van der Waals surface area contributed by atoms with Crippen LogP contribution in [-0.2, 0) is 10.5 Å². The highest BCUT2D eigenvalue weighted by Gasteiger charge is 1.96. The summed E-state index contributed by atoms with van der Waals surface area (Å²) < 4.78 is 0. The van der Waals surface area contributed by atoms with Crippen molar-refractivity contribution in [3.8, 4) is 0 Å². The molecule has 0 saturated heterocycles. The summed E-state index contributed by atoms with van der Waals surface area (Å²) in [6.07, 6.45) is 3.41. The van der Waals surface area contributed by atoms with Crippen molar-refractivity contribution in [1.82, 2.24) is 9.97 Å². The number of nitrogens with zero attached hydrogens (tertiary/aromatic N) is 2. The van der Waals surface area contributed by atoms with E-state index in [1.54, 1.807) is 25.4 Å². The summed E-state index contributed by atoms with van der Waals surface area (Å²) in [6, 6.07) is 1.78. The van der Waals surface area contributed by atoms with Crippen LogP contribution in [-0.4, -0.2) is 21.5 Å². The second-order valence-electron chi connectivity index (χ2n) is 2.36. The zero-order valence-electron chi connectivity index (χ0n) is 6.86. The van der Waals surface area contributed by atoms with Gasteiger partial charge in [0.15, 0.2) is 0 Å². The van der Waals surface area contributed by atoms with Crippen LogP contribution in [0.4, 0.5) is 0 Å². The summed E-state index contributed by atoms with van der Waals surface area (Å²) in [5.41, 5.74) is 0. The molecule has 64 valence electrons. The Bertz CT molecular complexity index is 250. The molecule has 0 spiro atoms. The van der Waals surface area contributed by atoms with Crippen LogP contribution in [0.3, 0.4) is 0 Å². The zero-order valence-corrected chi connectivity index (χ0v) is 7.67. The number of aromatic nitrogens is 2. The van der Waals surface area contributed by atoms with E-state index >= 15 is 0 Å². The molecule has 0 fully saturated rings. The molecule has 0 N–H and O–H groups in total. The highest BCUT2D eigenvalue weighted by atomic mass is 32.2. The van der Waals surface area contributed by atoms with Gasteiger partial charge in [0.2, 0.25) is 0 Å². The van der Waals surface area contributed by atoms with E-state index in [2.05, 4.69) is 9.97 Å². The molecule has 1 aromatic heterocycles. The third kappa shape index (κ3) is 3.48. The number of hydrogen-bond donors (Lipinski definition) is 0. The molecule has 0 saturated carbocycles. The molecular formula is C8H10N2OS. The van der Waals surface area contributed by atoms with Crippen LogP contribution in [0.5, 0.6) is 0 Å². The minimum absolute atomic E-state index is 0.191. The number of carbonyl (C=O) groups is 1. The fourth-order valence-corrected chi connectivity index (χ4v) is 1.41. The lowest BCUT2D eigenvalue weighted by molar-refractivity contribution is -0.114. The molecule has 0 amide bonds. The Kier molecular flexibility index (Phi) is 3.73. The third-order valence-corrected chi connectivity index (χ3v) is 2.23. The monoisotopic (exact) mass is 182 g/mol. The summed E-state index contributed by atoms with van der Waals surface area (Å²) in [4.78, 5) is 18.6. The second-order valence-corrected chi connectivity index (χ2v) is 3.35. The molecule has 1 aromatic rings. The van der Waals surface area contributed by atoms with Gasteiger partial charge >= 0.3 is 0 Å². The summed E-state index contributed by atoms with van der Waals surface area (Å²) in [5.74, 6) is 2.22. The van der Waals surface area contributed by atoms with E-state index in [1.807, 2.05) is 0 Å². The zero-order chi connectivity index (χ0) is 8.81. The van der Waals surface area contributed by atoms with Gasteiger partial charge in [-0.2, -0.15) is 0 Å². The fraction of sp³-hybridized carbons (Fsp3) is 0.375. The van der Waals surface area contributed by atoms with Gasteiger partial charge in [-0.3, -0.25) is 4.79 Å². The standard InChI is InChI=1S/C8H10N2OS/c1-7(11)5-12-6-8-9-3-2-4-10-8/h2-4H,5-6H2,1H3. The first kappa shape index (κ1) is 9.19. The van der Waals surface area contributed by atoms with Gasteiger partial charge in [-0.05, 0) is 13.0 Å². The van der Waals surface area contributed by atoms with Gasteiger partial charge in [0, 0.05) is 12.4 Å². The second kappa shape index (κ2) is 4.87. The lowest BCUT2D eigenvalue weighted by atomic mass is 10.5. The normalized spacial score (nSPS) is 9.75. The van der Waals surface area contributed by atoms with Gasteiger partial charge in [-0.15, -0.1) is 11.8 Å². The first-order valence-corrected chi connectivity index (χ1v) is 4.77. The summed E-state index contributed by atoms with van der Waals surface area (Å²) in [6.45, 7) is 1.58. The topological polar surface area (TPSA) is 42.9 Å². The Morgan fingerprint density at radius 3 is 2.75 bits per heavy atom. The highest BCUT2D eigenvalue weighted by Crippen LogP contribution is 2.06. The van der Waals surface area contributed by atoms with Gasteiger partial charge in [-0.25, -0.2) is 9.97 Å². The number of thioether (sulfide) groups is 1. The SMILES string of the molecule is CC(=O)CSCc1ncccn1. The number of Topliss-reactive ketones (excluding diaryl/α,β-unsaturated/α-hetero) is 1. The lowest BCUT2D eigenvalue weighted by Crippen LogP contribution is -1.96. The molecule has 0 unspecified atom stereocenters. The minimum Gasteiger partial charge on any atom is -0.299 e. The van der Waals surface area contributed by atoms with Crippen molar-refractivity contribution in [2.75, 3.05) is 5.75 Å². The van der Waals surface area contributed by atoms with Gasteiger partial charge in [0.1, 0.15) is 11.6 Å². The predicted molar refractivity (Wildman–Crippen MR) is 48.9 cm³/mol. The largest absolute Gasteiger partial charge is 0.299 e. The van der Waals surface area contributed by atoms with Crippen LogP contribution in [0, 0.1) is 0 Å². The van der Waals surface area contributed by atoms with Crippen molar-refractivity contribution in [1.29, 1.82) is 0 Å². The van der Waals surface area contributed by atoms with Gasteiger partial charge < -0.3 is 0 Å². The van der Waals surface area contributed by atoms with Crippen LogP contribution < -0.4 is 0 Å². The Hall–Kier alpha value is -0.900. The van der Waals surface area contributed by atoms with Crippen LogP contribution >= 0.6 is 11.8 Å². The van der Waals surface area contributed by atoms with E-state index in [0.29, 0.717) is 11.5 Å². The molecule has 1 rings (SSSR count). The number of rotatable bonds is 4. The maximum absolute atomic E-state index is 10.6. The van der Waals surface area contributed by atoms with E-state index in [9.17, 15) is 4.79 Å².